The Hall–Kier alpha value is -1.51. The van der Waals surface area contributed by atoms with Gasteiger partial charge in [0.25, 0.3) is 0 Å². The molecule has 0 saturated carbocycles. The summed E-state index contributed by atoms with van der Waals surface area (Å²) >= 11 is 0. The zero-order valence-electron chi connectivity index (χ0n) is 8.90. The summed E-state index contributed by atoms with van der Waals surface area (Å²) in [4.78, 5) is 13.0. The summed E-state index contributed by atoms with van der Waals surface area (Å²) in [6.45, 7) is 4.01. The first-order valence-corrected chi connectivity index (χ1v) is 5.29. The molecule has 1 amide bonds. The van der Waals surface area contributed by atoms with Gasteiger partial charge < -0.3 is 9.64 Å². The second kappa shape index (κ2) is 4.34. The van der Waals surface area contributed by atoms with Crippen molar-refractivity contribution in [3.8, 4) is 0 Å². The Balaban J connectivity index is 2.06. The van der Waals surface area contributed by atoms with Crippen LogP contribution < -0.4 is 0 Å². The maximum atomic E-state index is 11.2. The summed E-state index contributed by atoms with van der Waals surface area (Å²) in [6, 6.07) is 8.33. The highest BCUT2D eigenvalue weighted by Gasteiger charge is 2.21. The van der Waals surface area contributed by atoms with E-state index >= 15 is 0 Å². The number of cyclic esters (lactones) is 1. The Labute approximate surface area is 89.7 Å². The lowest BCUT2D eigenvalue weighted by atomic mass is 10.1. The summed E-state index contributed by atoms with van der Waals surface area (Å²) in [7, 11) is 0. The van der Waals surface area contributed by atoms with E-state index in [2.05, 4.69) is 19.1 Å². The molecule has 80 valence electrons. The molecule has 0 aliphatic carbocycles. The second-order valence-electron chi connectivity index (χ2n) is 3.71. The number of amides is 1. The van der Waals surface area contributed by atoms with Gasteiger partial charge in [0.2, 0.25) is 0 Å². The van der Waals surface area contributed by atoms with Gasteiger partial charge in [-0.05, 0) is 17.5 Å². The molecule has 0 unspecified atom stereocenters. The Morgan fingerprint density at radius 2 is 2.20 bits per heavy atom. The van der Waals surface area contributed by atoms with Crippen LogP contribution in [0.1, 0.15) is 18.1 Å². The Kier molecular flexibility index (Phi) is 2.90. The molecule has 1 aromatic carbocycles. The second-order valence-corrected chi connectivity index (χ2v) is 3.71. The van der Waals surface area contributed by atoms with E-state index in [9.17, 15) is 4.79 Å². The van der Waals surface area contributed by atoms with E-state index in [1.54, 1.807) is 4.90 Å². The van der Waals surface area contributed by atoms with Gasteiger partial charge in [0.05, 0.1) is 6.54 Å². The lowest BCUT2D eigenvalue weighted by Crippen LogP contribution is -2.23. The zero-order chi connectivity index (χ0) is 10.7. The molecule has 0 spiro atoms. The molecular weight excluding hydrogens is 190 g/mol. The largest absolute Gasteiger partial charge is 0.448 e. The summed E-state index contributed by atoms with van der Waals surface area (Å²) < 4.78 is 4.88. The summed E-state index contributed by atoms with van der Waals surface area (Å²) in [5, 5.41) is 0. The molecule has 0 N–H and O–H groups in total. The Bertz CT molecular complexity index is 362. The first-order valence-electron chi connectivity index (χ1n) is 5.29. The van der Waals surface area contributed by atoms with Crippen molar-refractivity contribution in [3.63, 3.8) is 0 Å². The van der Waals surface area contributed by atoms with Gasteiger partial charge in [-0.1, -0.05) is 31.2 Å². The number of ether oxygens (including phenoxy) is 1. The van der Waals surface area contributed by atoms with Crippen molar-refractivity contribution in [2.45, 2.75) is 19.9 Å². The van der Waals surface area contributed by atoms with Crippen LogP contribution in [0, 0.1) is 0 Å². The first-order chi connectivity index (χ1) is 7.29. The van der Waals surface area contributed by atoms with Gasteiger partial charge in [0.15, 0.2) is 0 Å². The Morgan fingerprint density at radius 1 is 1.40 bits per heavy atom. The van der Waals surface area contributed by atoms with Crippen LogP contribution in [0.3, 0.4) is 0 Å². The molecule has 1 aliphatic rings. The fraction of sp³-hybridized carbons (Fsp3) is 0.417. The smallest absolute Gasteiger partial charge is 0.410 e. The highest BCUT2D eigenvalue weighted by atomic mass is 16.6. The summed E-state index contributed by atoms with van der Waals surface area (Å²) in [5.74, 6) is 0. The topological polar surface area (TPSA) is 29.5 Å². The predicted octanol–water partition coefficient (Wildman–Crippen LogP) is 2.20. The van der Waals surface area contributed by atoms with E-state index in [0.717, 1.165) is 6.42 Å². The number of carbonyl (C=O) groups excluding carboxylic acids is 1. The molecule has 0 atom stereocenters. The van der Waals surface area contributed by atoms with Crippen molar-refractivity contribution in [3.05, 3.63) is 35.4 Å². The monoisotopic (exact) mass is 205 g/mol. The van der Waals surface area contributed by atoms with Crippen LogP contribution in [0.2, 0.25) is 0 Å². The first kappa shape index (κ1) is 10.0. The number of rotatable bonds is 3. The van der Waals surface area contributed by atoms with Crippen LogP contribution in [-0.4, -0.2) is 24.1 Å². The molecule has 1 aromatic rings. The zero-order valence-corrected chi connectivity index (χ0v) is 8.90. The normalized spacial score (nSPS) is 15.5. The van der Waals surface area contributed by atoms with Crippen molar-refractivity contribution in [1.29, 1.82) is 0 Å². The molecule has 2 rings (SSSR count). The van der Waals surface area contributed by atoms with Crippen LogP contribution in [0.5, 0.6) is 0 Å². The molecule has 15 heavy (non-hydrogen) atoms. The minimum absolute atomic E-state index is 0.197. The van der Waals surface area contributed by atoms with E-state index in [1.165, 1.54) is 11.1 Å². The lowest BCUT2D eigenvalue weighted by Gasteiger charge is -2.12. The third kappa shape index (κ3) is 2.29. The van der Waals surface area contributed by atoms with Crippen molar-refractivity contribution in [2.24, 2.45) is 0 Å². The quantitative estimate of drug-likeness (QED) is 0.757. The van der Waals surface area contributed by atoms with Gasteiger partial charge in [-0.15, -0.1) is 0 Å². The lowest BCUT2D eigenvalue weighted by molar-refractivity contribution is 0.157. The van der Waals surface area contributed by atoms with Gasteiger partial charge in [0.1, 0.15) is 6.61 Å². The highest BCUT2D eigenvalue weighted by Crippen LogP contribution is 2.12. The van der Waals surface area contributed by atoms with Gasteiger partial charge in [-0.25, -0.2) is 4.79 Å². The minimum Gasteiger partial charge on any atom is -0.448 e. The fourth-order valence-electron chi connectivity index (χ4n) is 1.74. The van der Waals surface area contributed by atoms with Gasteiger partial charge in [-0.2, -0.15) is 0 Å². The van der Waals surface area contributed by atoms with Crippen molar-refractivity contribution in [2.75, 3.05) is 13.2 Å². The number of nitrogens with zero attached hydrogens (tertiary/aromatic N) is 1. The van der Waals surface area contributed by atoms with Crippen molar-refractivity contribution in [1.82, 2.24) is 4.90 Å². The average molecular weight is 205 g/mol. The summed E-state index contributed by atoms with van der Waals surface area (Å²) in [6.07, 6.45) is 0.829. The maximum absolute atomic E-state index is 11.2. The number of hydrogen-bond donors (Lipinski definition) is 0. The van der Waals surface area contributed by atoms with Gasteiger partial charge in [0, 0.05) is 6.54 Å². The number of benzene rings is 1. The highest BCUT2D eigenvalue weighted by molar-refractivity contribution is 5.69. The van der Waals surface area contributed by atoms with Crippen LogP contribution >= 0.6 is 0 Å². The molecule has 1 aliphatic heterocycles. The van der Waals surface area contributed by atoms with E-state index in [-0.39, 0.29) is 6.09 Å². The predicted molar refractivity (Wildman–Crippen MR) is 57.6 cm³/mol. The molecule has 1 heterocycles. The third-order valence-corrected chi connectivity index (χ3v) is 2.62. The maximum Gasteiger partial charge on any atom is 0.410 e. The van der Waals surface area contributed by atoms with Crippen molar-refractivity contribution >= 4 is 6.09 Å². The molecule has 0 bridgehead atoms. The van der Waals surface area contributed by atoms with Crippen LogP contribution in [-0.2, 0) is 17.7 Å². The van der Waals surface area contributed by atoms with E-state index in [1.807, 2.05) is 12.1 Å². The summed E-state index contributed by atoms with van der Waals surface area (Å²) in [5.41, 5.74) is 2.48. The van der Waals surface area contributed by atoms with Gasteiger partial charge in [-0.3, -0.25) is 0 Å². The SMILES string of the molecule is CCc1cccc(CN2CCOC2=O)c1. The molecule has 3 nitrogen and oxygen atoms in total. The molecule has 1 fully saturated rings. The van der Waals surface area contributed by atoms with Crippen LogP contribution in [0.25, 0.3) is 0 Å². The number of carbonyl (C=O) groups is 1. The number of aryl methyl sites for hydroxylation is 1. The molecule has 1 saturated heterocycles. The van der Waals surface area contributed by atoms with E-state index in [0.29, 0.717) is 19.7 Å². The molecule has 3 heteroatoms. The minimum atomic E-state index is -0.197. The van der Waals surface area contributed by atoms with Crippen LogP contribution in [0.4, 0.5) is 4.79 Å². The van der Waals surface area contributed by atoms with Crippen molar-refractivity contribution < 1.29 is 9.53 Å². The van der Waals surface area contributed by atoms with Crippen LogP contribution in [0.15, 0.2) is 24.3 Å². The fourth-order valence-corrected chi connectivity index (χ4v) is 1.74. The van der Waals surface area contributed by atoms with Gasteiger partial charge >= 0.3 is 6.09 Å². The molecule has 0 radical (unpaired) electrons. The van der Waals surface area contributed by atoms with E-state index in [4.69, 9.17) is 4.74 Å². The van der Waals surface area contributed by atoms with E-state index < -0.39 is 0 Å². The average Bonchev–Trinajstić information content (AvgIpc) is 2.65. The standard InChI is InChI=1S/C12H15NO2/c1-2-10-4-3-5-11(8-10)9-13-6-7-15-12(13)14/h3-5,8H,2,6-7,9H2,1H3. The third-order valence-electron chi connectivity index (χ3n) is 2.62. The number of hydrogen-bond acceptors (Lipinski definition) is 2. The Morgan fingerprint density at radius 3 is 2.87 bits per heavy atom. The molecule has 0 aromatic heterocycles. The molecular formula is C12H15NO2.